The Bertz CT molecular complexity index is 1190. The summed E-state index contributed by atoms with van der Waals surface area (Å²) in [6.45, 7) is 2.87. The van der Waals surface area contributed by atoms with Crippen LogP contribution >= 0.6 is 0 Å². The number of aromatic nitrogens is 2. The summed E-state index contributed by atoms with van der Waals surface area (Å²) in [6, 6.07) is 10.7. The summed E-state index contributed by atoms with van der Waals surface area (Å²) in [5.74, 6) is 0.628. The lowest BCUT2D eigenvalue weighted by atomic mass is 10.00. The lowest BCUT2D eigenvalue weighted by molar-refractivity contribution is -0.137. The fourth-order valence-electron chi connectivity index (χ4n) is 3.70. The van der Waals surface area contributed by atoms with Gasteiger partial charge in [0.2, 0.25) is 21.8 Å². The number of halogens is 3. The van der Waals surface area contributed by atoms with E-state index in [2.05, 4.69) is 10.2 Å². The third kappa shape index (κ3) is 5.03. The number of sulfonamides is 1. The zero-order valence-corrected chi connectivity index (χ0v) is 18.6. The van der Waals surface area contributed by atoms with E-state index in [-0.39, 0.29) is 29.1 Å². The van der Waals surface area contributed by atoms with Crippen molar-refractivity contribution in [3.63, 3.8) is 0 Å². The maximum absolute atomic E-state index is 13.1. The molecule has 0 spiro atoms. The van der Waals surface area contributed by atoms with Crippen LogP contribution in [0.5, 0.6) is 5.75 Å². The van der Waals surface area contributed by atoms with Crippen molar-refractivity contribution >= 4 is 10.0 Å². The van der Waals surface area contributed by atoms with Crippen molar-refractivity contribution in [3.8, 4) is 17.2 Å². The van der Waals surface area contributed by atoms with E-state index in [9.17, 15) is 21.6 Å². The number of hydrogen-bond acceptors (Lipinski definition) is 6. The van der Waals surface area contributed by atoms with Gasteiger partial charge in [0, 0.05) is 18.7 Å². The number of benzene rings is 2. The third-order valence-corrected chi connectivity index (χ3v) is 7.29. The minimum absolute atomic E-state index is 0.0882. The highest BCUT2D eigenvalue weighted by atomic mass is 32.2. The molecule has 1 unspecified atom stereocenters. The van der Waals surface area contributed by atoms with Crippen molar-refractivity contribution in [1.82, 2.24) is 14.5 Å². The number of piperidine rings is 1. The Hall–Kier alpha value is -2.92. The van der Waals surface area contributed by atoms with Crippen LogP contribution in [0.25, 0.3) is 11.5 Å². The predicted molar refractivity (Wildman–Crippen MR) is 113 cm³/mol. The molecule has 11 heteroatoms. The molecule has 1 aliphatic rings. The monoisotopic (exact) mass is 481 g/mol. The molecule has 7 nitrogen and oxygen atoms in total. The second-order valence-electron chi connectivity index (χ2n) is 7.63. The first-order valence-corrected chi connectivity index (χ1v) is 11.9. The van der Waals surface area contributed by atoms with Crippen LogP contribution < -0.4 is 4.74 Å². The number of rotatable bonds is 6. The molecular formula is C22H22F3N3O4S. The van der Waals surface area contributed by atoms with Crippen LogP contribution in [0.3, 0.4) is 0 Å². The van der Waals surface area contributed by atoms with Crippen molar-refractivity contribution in [3.05, 3.63) is 60.0 Å². The molecule has 33 heavy (non-hydrogen) atoms. The van der Waals surface area contributed by atoms with Crippen molar-refractivity contribution in [2.45, 2.75) is 36.8 Å². The molecule has 4 rings (SSSR count). The third-order valence-electron chi connectivity index (χ3n) is 5.41. The summed E-state index contributed by atoms with van der Waals surface area (Å²) in [6.07, 6.45) is -3.16. The molecule has 0 radical (unpaired) electrons. The van der Waals surface area contributed by atoms with Gasteiger partial charge in [-0.3, -0.25) is 0 Å². The molecule has 0 N–H and O–H groups in total. The van der Waals surface area contributed by atoms with Gasteiger partial charge >= 0.3 is 6.18 Å². The minimum Gasteiger partial charge on any atom is -0.494 e. The van der Waals surface area contributed by atoms with E-state index in [0.717, 1.165) is 12.1 Å². The molecule has 2 heterocycles. The van der Waals surface area contributed by atoms with E-state index in [1.807, 2.05) is 6.92 Å². The predicted octanol–water partition coefficient (Wildman–Crippen LogP) is 4.72. The quantitative estimate of drug-likeness (QED) is 0.506. The Labute approximate surface area is 189 Å². The molecule has 2 aromatic carbocycles. The summed E-state index contributed by atoms with van der Waals surface area (Å²) in [4.78, 5) is 0.169. The lowest BCUT2D eigenvalue weighted by Crippen LogP contribution is -2.39. The maximum Gasteiger partial charge on any atom is 0.416 e. The molecule has 176 valence electrons. The van der Waals surface area contributed by atoms with Crippen LogP contribution in [0.1, 0.15) is 37.1 Å². The highest BCUT2D eigenvalue weighted by Gasteiger charge is 2.34. The fourth-order valence-corrected chi connectivity index (χ4v) is 5.23. The van der Waals surface area contributed by atoms with Gasteiger partial charge in [-0.2, -0.15) is 17.5 Å². The zero-order chi connectivity index (χ0) is 23.6. The second-order valence-corrected chi connectivity index (χ2v) is 9.57. The molecule has 0 bridgehead atoms. The Morgan fingerprint density at radius 1 is 1.09 bits per heavy atom. The van der Waals surface area contributed by atoms with Crippen LogP contribution in [-0.2, 0) is 16.2 Å². The molecule has 3 aromatic rings. The Kier molecular flexibility index (Phi) is 6.44. The molecule has 0 aliphatic carbocycles. The van der Waals surface area contributed by atoms with E-state index in [1.54, 1.807) is 12.1 Å². The van der Waals surface area contributed by atoms with Crippen LogP contribution in [-0.4, -0.2) is 42.6 Å². The van der Waals surface area contributed by atoms with Crippen LogP contribution in [0.15, 0.2) is 57.8 Å². The Balaban J connectivity index is 1.49. The molecule has 1 saturated heterocycles. The molecule has 1 fully saturated rings. The van der Waals surface area contributed by atoms with Crippen molar-refractivity contribution in [2.24, 2.45) is 0 Å². The first-order chi connectivity index (χ1) is 15.7. The summed E-state index contributed by atoms with van der Waals surface area (Å²) in [7, 11) is -3.72. The SMILES string of the molecule is CCOc1ccc(S(=O)(=O)N2CCCC(c3nnc(-c4ccc(C(F)(F)F)cc4)o3)C2)cc1. The molecule has 0 amide bonds. The van der Waals surface area contributed by atoms with E-state index in [4.69, 9.17) is 9.15 Å². The molecule has 1 atom stereocenters. The second kappa shape index (κ2) is 9.14. The molecule has 0 saturated carbocycles. The van der Waals surface area contributed by atoms with E-state index in [1.165, 1.54) is 28.6 Å². The van der Waals surface area contributed by atoms with Crippen LogP contribution in [0.2, 0.25) is 0 Å². The molecular weight excluding hydrogens is 459 g/mol. The van der Waals surface area contributed by atoms with Crippen molar-refractivity contribution in [1.29, 1.82) is 0 Å². The first-order valence-electron chi connectivity index (χ1n) is 10.4. The first kappa shape index (κ1) is 23.2. The van der Waals surface area contributed by atoms with Gasteiger partial charge in [0.25, 0.3) is 0 Å². The highest BCUT2D eigenvalue weighted by Crippen LogP contribution is 2.33. The number of nitrogens with zero attached hydrogens (tertiary/aromatic N) is 3. The largest absolute Gasteiger partial charge is 0.494 e. The summed E-state index contributed by atoms with van der Waals surface area (Å²) >= 11 is 0. The topological polar surface area (TPSA) is 85.5 Å². The number of alkyl halides is 3. The van der Waals surface area contributed by atoms with E-state index >= 15 is 0 Å². The van der Waals surface area contributed by atoms with Gasteiger partial charge < -0.3 is 9.15 Å². The fraction of sp³-hybridized carbons (Fsp3) is 0.364. The summed E-state index contributed by atoms with van der Waals surface area (Å²) in [5.41, 5.74) is -0.412. The summed E-state index contributed by atoms with van der Waals surface area (Å²) < 4.78 is 77.0. The highest BCUT2D eigenvalue weighted by molar-refractivity contribution is 7.89. The minimum atomic E-state index is -4.43. The zero-order valence-electron chi connectivity index (χ0n) is 17.7. The van der Waals surface area contributed by atoms with Gasteiger partial charge in [0.05, 0.1) is 23.0 Å². The normalized spacial score (nSPS) is 17.8. The lowest BCUT2D eigenvalue weighted by Gasteiger charge is -2.30. The van der Waals surface area contributed by atoms with Gasteiger partial charge in [0.1, 0.15) is 5.75 Å². The Morgan fingerprint density at radius 2 is 1.79 bits per heavy atom. The van der Waals surface area contributed by atoms with Gasteiger partial charge in [-0.15, -0.1) is 10.2 Å². The average molecular weight is 481 g/mol. The van der Waals surface area contributed by atoms with Gasteiger partial charge in [-0.05, 0) is 68.3 Å². The van der Waals surface area contributed by atoms with Crippen molar-refractivity contribution in [2.75, 3.05) is 19.7 Å². The summed E-state index contributed by atoms with van der Waals surface area (Å²) in [5, 5.41) is 7.98. The van der Waals surface area contributed by atoms with Crippen LogP contribution in [0, 0.1) is 0 Å². The average Bonchev–Trinajstić information content (AvgIpc) is 3.30. The molecule has 1 aliphatic heterocycles. The van der Waals surface area contributed by atoms with E-state index in [0.29, 0.717) is 37.3 Å². The van der Waals surface area contributed by atoms with Gasteiger partial charge in [-0.1, -0.05) is 0 Å². The van der Waals surface area contributed by atoms with Gasteiger partial charge in [0.15, 0.2) is 0 Å². The Morgan fingerprint density at radius 3 is 2.42 bits per heavy atom. The number of ether oxygens (including phenoxy) is 1. The van der Waals surface area contributed by atoms with Gasteiger partial charge in [-0.25, -0.2) is 8.42 Å². The van der Waals surface area contributed by atoms with E-state index < -0.39 is 21.8 Å². The number of hydrogen-bond donors (Lipinski definition) is 0. The smallest absolute Gasteiger partial charge is 0.416 e. The van der Waals surface area contributed by atoms with Crippen LogP contribution in [0.4, 0.5) is 13.2 Å². The maximum atomic E-state index is 13.1. The van der Waals surface area contributed by atoms with Crippen molar-refractivity contribution < 1.29 is 30.7 Å². The molecule has 1 aromatic heterocycles. The standard InChI is InChI=1S/C22H22F3N3O4S/c1-2-31-18-9-11-19(12-10-18)33(29,30)28-13-3-4-16(14-28)21-27-26-20(32-21)15-5-7-17(8-6-15)22(23,24)25/h5-12,16H,2-4,13-14H2,1H3.